The van der Waals surface area contributed by atoms with Crippen molar-refractivity contribution >= 4 is 0 Å². The number of unbranched alkanes of at least 4 members (excludes halogenated alkanes) is 5. The SMILES string of the molecule is CCCCCCC/C=C/[C@@]1(COC(c2ccccc2)(c2ccccc2)c2ccccc2)OC(C)(C)O[C@H]1CO. The van der Waals surface area contributed by atoms with E-state index in [9.17, 15) is 5.11 Å². The standard InChI is InChI=1S/C35H44O4/c1-4-5-6-7-8-9-19-26-34(32(27-36)38-33(2,3)39-34)28-37-35(29-20-13-10-14-21-29,30-22-15-11-16-23-30)31-24-17-12-18-25-31/h10-26,32,36H,4-9,27-28H2,1-3H3/b26-19+/t32-,34-/m0/s1. The lowest BCUT2D eigenvalue weighted by atomic mass is 9.79. The molecule has 1 N–H and O–H groups in total. The average Bonchev–Trinajstić information content (AvgIpc) is 3.24. The van der Waals surface area contributed by atoms with E-state index in [1.54, 1.807) is 0 Å². The largest absolute Gasteiger partial charge is 0.394 e. The van der Waals surface area contributed by atoms with Gasteiger partial charge in [0.25, 0.3) is 0 Å². The van der Waals surface area contributed by atoms with Crippen LogP contribution < -0.4 is 0 Å². The molecule has 1 saturated heterocycles. The lowest BCUT2D eigenvalue weighted by Crippen LogP contribution is -2.48. The van der Waals surface area contributed by atoms with E-state index in [0.29, 0.717) is 0 Å². The summed E-state index contributed by atoms with van der Waals surface area (Å²) in [6.45, 7) is 6.07. The fourth-order valence-electron chi connectivity index (χ4n) is 5.63. The predicted octanol–water partition coefficient (Wildman–Crippen LogP) is 7.79. The maximum atomic E-state index is 10.4. The van der Waals surface area contributed by atoms with Crippen LogP contribution in [0.2, 0.25) is 0 Å². The molecule has 1 fully saturated rings. The second-order valence-corrected chi connectivity index (χ2v) is 10.9. The van der Waals surface area contributed by atoms with Crippen LogP contribution in [-0.2, 0) is 19.8 Å². The lowest BCUT2D eigenvalue weighted by molar-refractivity contribution is -0.170. The Hall–Kier alpha value is -2.76. The molecule has 0 spiro atoms. The molecule has 0 radical (unpaired) electrons. The molecule has 1 aliphatic rings. The van der Waals surface area contributed by atoms with E-state index in [1.807, 2.05) is 68.4 Å². The Kier molecular flexibility index (Phi) is 10.1. The highest BCUT2D eigenvalue weighted by molar-refractivity contribution is 5.47. The van der Waals surface area contributed by atoms with Gasteiger partial charge in [-0.1, -0.05) is 136 Å². The van der Waals surface area contributed by atoms with E-state index in [4.69, 9.17) is 14.2 Å². The van der Waals surface area contributed by atoms with Crippen LogP contribution in [0.5, 0.6) is 0 Å². The summed E-state index contributed by atoms with van der Waals surface area (Å²) >= 11 is 0. The van der Waals surface area contributed by atoms with Crippen LogP contribution in [0, 0.1) is 0 Å². The highest BCUT2D eigenvalue weighted by Gasteiger charge is 2.53. The number of rotatable bonds is 14. The molecule has 208 valence electrons. The minimum absolute atomic E-state index is 0.164. The number of aliphatic hydroxyl groups excluding tert-OH is 1. The summed E-state index contributed by atoms with van der Waals surface area (Å²) in [5.41, 5.74) is 1.25. The molecule has 1 aliphatic heterocycles. The summed E-state index contributed by atoms with van der Waals surface area (Å²) in [6.07, 6.45) is 10.8. The molecule has 39 heavy (non-hydrogen) atoms. The second kappa shape index (κ2) is 13.5. The van der Waals surface area contributed by atoms with Crippen molar-refractivity contribution in [1.29, 1.82) is 0 Å². The van der Waals surface area contributed by atoms with Crippen LogP contribution in [0.4, 0.5) is 0 Å². The number of hydrogen-bond donors (Lipinski definition) is 1. The van der Waals surface area contributed by atoms with Crippen LogP contribution in [0.3, 0.4) is 0 Å². The Balaban J connectivity index is 1.73. The van der Waals surface area contributed by atoms with Crippen molar-refractivity contribution in [2.45, 2.75) is 82.4 Å². The quantitative estimate of drug-likeness (QED) is 0.132. The summed E-state index contributed by atoms with van der Waals surface area (Å²) in [7, 11) is 0. The normalized spacial score (nSPS) is 21.0. The van der Waals surface area contributed by atoms with Gasteiger partial charge in [0.1, 0.15) is 17.3 Å². The van der Waals surface area contributed by atoms with Gasteiger partial charge >= 0.3 is 0 Å². The Morgan fingerprint density at radius 2 is 1.31 bits per heavy atom. The lowest BCUT2D eigenvalue weighted by Gasteiger charge is -2.39. The first-order valence-electron chi connectivity index (χ1n) is 14.4. The van der Waals surface area contributed by atoms with Crippen molar-refractivity contribution < 1.29 is 19.3 Å². The van der Waals surface area contributed by atoms with E-state index >= 15 is 0 Å². The van der Waals surface area contributed by atoms with Gasteiger partial charge in [-0.15, -0.1) is 0 Å². The van der Waals surface area contributed by atoms with Crippen LogP contribution in [0.15, 0.2) is 103 Å². The molecule has 0 aliphatic carbocycles. The summed E-state index contributed by atoms with van der Waals surface area (Å²) in [5, 5.41) is 10.4. The van der Waals surface area contributed by atoms with Gasteiger partial charge in [0.05, 0.1) is 13.2 Å². The summed E-state index contributed by atoms with van der Waals surface area (Å²) < 4.78 is 19.9. The molecule has 0 aromatic heterocycles. The Morgan fingerprint density at radius 3 is 1.79 bits per heavy atom. The molecular weight excluding hydrogens is 484 g/mol. The van der Waals surface area contributed by atoms with Gasteiger partial charge in [-0.2, -0.15) is 0 Å². The van der Waals surface area contributed by atoms with Crippen molar-refractivity contribution in [2.75, 3.05) is 13.2 Å². The Morgan fingerprint density at radius 1 is 0.795 bits per heavy atom. The highest BCUT2D eigenvalue weighted by Crippen LogP contribution is 2.44. The molecule has 4 rings (SSSR count). The van der Waals surface area contributed by atoms with Gasteiger partial charge in [-0.25, -0.2) is 0 Å². The fourth-order valence-corrected chi connectivity index (χ4v) is 5.63. The number of hydrogen-bond acceptors (Lipinski definition) is 4. The molecule has 0 bridgehead atoms. The molecular formula is C35H44O4. The fraction of sp³-hybridized carbons (Fsp3) is 0.429. The predicted molar refractivity (Wildman–Crippen MR) is 158 cm³/mol. The zero-order valence-corrected chi connectivity index (χ0v) is 23.7. The third-order valence-corrected chi connectivity index (χ3v) is 7.50. The van der Waals surface area contributed by atoms with E-state index in [0.717, 1.165) is 29.5 Å². The van der Waals surface area contributed by atoms with E-state index in [2.05, 4.69) is 55.5 Å². The van der Waals surface area contributed by atoms with Crippen LogP contribution in [0.1, 0.15) is 76.0 Å². The van der Waals surface area contributed by atoms with Gasteiger partial charge in [0, 0.05) is 0 Å². The average molecular weight is 529 g/mol. The number of benzene rings is 3. The molecule has 4 nitrogen and oxygen atoms in total. The Labute approximate surface area is 234 Å². The maximum absolute atomic E-state index is 10.4. The van der Waals surface area contributed by atoms with Crippen LogP contribution in [0.25, 0.3) is 0 Å². The minimum Gasteiger partial charge on any atom is -0.394 e. The maximum Gasteiger partial charge on any atom is 0.164 e. The topological polar surface area (TPSA) is 47.9 Å². The molecule has 3 aromatic rings. The molecule has 2 atom stereocenters. The molecule has 0 unspecified atom stereocenters. The summed E-state index contributed by atoms with van der Waals surface area (Å²) in [6, 6.07) is 31.0. The number of ether oxygens (including phenoxy) is 3. The van der Waals surface area contributed by atoms with Crippen LogP contribution in [-0.4, -0.2) is 35.8 Å². The Bertz CT molecular complexity index is 1050. The number of allylic oxidation sites excluding steroid dienone is 1. The van der Waals surface area contributed by atoms with Gasteiger partial charge in [0.15, 0.2) is 5.79 Å². The van der Waals surface area contributed by atoms with Gasteiger partial charge in [-0.05, 0) is 43.4 Å². The molecule has 4 heteroatoms. The zero-order chi connectivity index (χ0) is 27.6. The monoisotopic (exact) mass is 528 g/mol. The van der Waals surface area contributed by atoms with E-state index in [1.165, 1.54) is 25.7 Å². The minimum atomic E-state index is -0.939. The first kappa shape index (κ1) is 29.2. The summed E-state index contributed by atoms with van der Waals surface area (Å²) in [4.78, 5) is 0. The van der Waals surface area contributed by atoms with Crippen molar-refractivity contribution in [3.63, 3.8) is 0 Å². The van der Waals surface area contributed by atoms with E-state index < -0.39 is 23.1 Å². The van der Waals surface area contributed by atoms with Crippen molar-refractivity contribution in [1.82, 2.24) is 0 Å². The van der Waals surface area contributed by atoms with Crippen molar-refractivity contribution in [3.8, 4) is 0 Å². The third-order valence-electron chi connectivity index (χ3n) is 7.50. The first-order valence-corrected chi connectivity index (χ1v) is 14.4. The summed E-state index contributed by atoms with van der Waals surface area (Å²) in [5.74, 6) is -0.850. The molecule has 0 amide bonds. The highest BCUT2D eigenvalue weighted by atomic mass is 16.8. The number of aliphatic hydroxyl groups is 1. The smallest absolute Gasteiger partial charge is 0.164 e. The van der Waals surface area contributed by atoms with Crippen molar-refractivity contribution in [2.24, 2.45) is 0 Å². The van der Waals surface area contributed by atoms with E-state index in [-0.39, 0.29) is 13.2 Å². The van der Waals surface area contributed by atoms with Gasteiger partial charge in [0.2, 0.25) is 0 Å². The first-order chi connectivity index (χ1) is 19.0. The van der Waals surface area contributed by atoms with Crippen LogP contribution >= 0.6 is 0 Å². The van der Waals surface area contributed by atoms with Gasteiger partial charge in [-0.3, -0.25) is 0 Å². The molecule has 0 saturated carbocycles. The zero-order valence-electron chi connectivity index (χ0n) is 23.7. The van der Waals surface area contributed by atoms with Crippen molar-refractivity contribution in [3.05, 3.63) is 120 Å². The second-order valence-electron chi connectivity index (χ2n) is 10.9. The molecule has 3 aromatic carbocycles. The van der Waals surface area contributed by atoms with Gasteiger partial charge < -0.3 is 19.3 Å². The molecule has 1 heterocycles. The third kappa shape index (κ3) is 6.88.